The fourth-order valence-corrected chi connectivity index (χ4v) is 4.62. The Morgan fingerprint density at radius 3 is 2.85 bits per heavy atom. The number of hydrogen-bond acceptors (Lipinski definition) is 4. The molecule has 0 radical (unpaired) electrons. The molecule has 0 saturated carbocycles. The number of aromatic amines is 1. The number of halogens is 1. The van der Waals surface area contributed by atoms with E-state index >= 15 is 0 Å². The molecule has 2 fully saturated rings. The topological polar surface area (TPSA) is 73.5 Å². The van der Waals surface area contributed by atoms with Gasteiger partial charge in [-0.15, -0.1) is 0 Å². The van der Waals surface area contributed by atoms with Crippen molar-refractivity contribution >= 4 is 21.6 Å². The summed E-state index contributed by atoms with van der Waals surface area (Å²) in [6.07, 6.45) is 3.38. The molecule has 3 heterocycles. The van der Waals surface area contributed by atoms with Gasteiger partial charge in [0, 0.05) is 31.9 Å². The number of sulfonamides is 1. The number of aromatic nitrogens is 1. The van der Waals surface area contributed by atoms with Crippen LogP contribution in [0.4, 0.5) is 0 Å². The standard InChI is InChI=1S/C12H16ClN3O3S/c13-11-6-10(7-14-12(11)17)20(18,19)16-5-4-15-3-1-2-9(15)8-16/h6-7,9H,1-5,8H2,(H,14,17). The second-order valence-electron chi connectivity index (χ2n) is 5.21. The van der Waals surface area contributed by atoms with Crippen LogP contribution in [0.1, 0.15) is 12.8 Å². The molecule has 0 amide bonds. The minimum absolute atomic E-state index is 0.0496. The largest absolute Gasteiger partial charge is 0.326 e. The van der Waals surface area contributed by atoms with Crippen molar-refractivity contribution in [2.24, 2.45) is 0 Å². The first-order chi connectivity index (χ1) is 9.48. The van der Waals surface area contributed by atoms with Crippen molar-refractivity contribution in [2.45, 2.75) is 23.8 Å². The zero-order valence-electron chi connectivity index (χ0n) is 10.9. The number of nitrogens with one attached hydrogen (secondary N) is 1. The predicted octanol–water partition coefficient (Wildman–Crippen LogP) is 0.497. The Labute approximate surface area is 122 Å². The molecule has 0 aliphatic carbocycles. The zero-order chi connectivity index (χ0) is 14.3. The van der Waals surface area contributed by atoms with Gasteiger partial charge in [-0.3, -0.25) is 9.69 Å². The Hall–Kier alpha value is -0.890. The molecule has 2 aliphatic rings. The number of fused-ring (bicyclic) bond motifs is 1. The van der Waals surface area contributed by atoms with Gasteiger partial charge in [0.05, 0.1) is 4.90 Å². The molecule has 110 valence electrons. The van der Waals surface area contributed by atoms with E-state index in [1.54, 1.807) is 0 Å². The average Bonchev–Trinajstić information content (AvgIpc) is 2.89. The van der Waals surface area contributed by atoms with Crippen molar-refractivity contribution in [1.82, 2.24) is 14.2 Å². The van der Waals surface area contributed by atoms with E-state index in [-0.39, 0.29) is 9.92 Å². The van der Waals surface area contributed by atoms with Gasteiger partial charge in [0.2, 0.25) is 10.0 Å². The first-order valence-electron chi connectivity index (χ1n) is 6.61. The van der Waals surface area contributed by atoms with Crippen molar-refractivity contribution < 1.29 is 8.42 Å². The van der Waals surface area contributed by atoms with Crippen LogP contribution >= 0.6 is 11.6 Å². The number of piperazine rings is 1. The molecular formula is C12H16ClN3O3S. The van der Waals surface area contributed by atoms with Crippen molar-refractivity contribution in [1.29, 1.82) is 0 Å². The minimum atomic E-state index is -3.59. The van der Waals surface area contributed by atoms with E-state index in [0.29, 0.717) is 19.1 Å². The zero-order valence-corrected chi connectivity index (χ0v) is 12.5. The molecule has 2 saturated heterocycles. The lowest BCUT2D eigenvalue weighted by molar-refractivity contribution is 0.158. The normalized spacial score (nSPS) is 24.8. The van der Waals surface area contributed by atoms with Crippen LogP contribution in [0, 0.1) is 0 Å². The lowest BCUT2D eigenvalue weighted by Gasteiger charge is -2.36. The summed E-state index contributed by atoms with van der Waals surface area (Å²) in [5, 5.41) is -0.106. The van der Waals surface area contributed by atoms with Crippen LogP contribution < -0.4 is 5.56 Å². The summed E-state index contributed by atoms with van der Waals surface area (Å²) in [7, 11) is -3.59. The van der Waals surface area contributed by atoms with Crippen molar-refractivity contribution in [3.05, 3.63) is 27.6 Å². The summed E-state index contributed by atoms with van der Waals surface area (Å²) >= 11 is 5.71. The highest BCUT2D eigenvalue weighted by Gasteiger charge is 2.36. The fraction of sp³-hybridized carbons (Fsp3) is 0.583. The number of nitrogens with zero attached hydrogens (tertiary/aromatic N) is 2. The molecular weight excluding hydrogens is 302 g/mol. The quantitative estimate of drug-likeness (QED) is 0.862. The van der Waals surface area contributed by atoms with Crippen LogP contribution in [0.2, 0.25) is 5.02 Å². The molecule has 2 aliphatic heterocycles. The molecule has 1 unspecified atom stereocenters. The highest BCUT2D eigenvalue weighted by atomic mass is 35.5. The summed E-state index contributed by atoms with van der Waals surface area (Å²) < 4.78 is 26.6. The van der Waals surface area contributed by atoms with Gasteiger partial charge in [-0.1, -0.05) is 11.6 Å². The predicted molar refractivity (Wildman–Crippen MR) is 75.4 cm³/mol. The van der Waals surface area contributed by atoms with Crippen LogP contribution in [0.15, 0.2) is 22.0 Å². The Morgan fingerprint density at radius 1 is 1.30 bits per heavy atom. The maximum atomic E-state index is 12.6. The molecule has 1 aromatic rings. The Balaban J connectivity index is 1.88. The van der Waals surface area contributed by atoms with Crippen LogP contribution in [0.3, 0.4) is 0 Å². The highest BCUT2D eigenvalue weighted by molar-refractivity contribution is 7.89. The number of rotatable bonds is 2. The maximum Gasteiger partial charge on any atom is 0.266 e. The molecule has 1 atom stereocenters. The number of hydrogen-bond donors (Lipinski definition) is 1. The van der Waals surface area contributed by atoms with E-state index in [2.05, 4.69) is 9.88 Å². The van der Waals surface area contributed by atoms with Crippen LogP contribution in [-0.4, -0.2) is 54.8 Å². The van der Waals surface area contributed by atoms with Crippen LogP contribution in [0.5, 0.6) is 0 Å². The van der Waals surface area contributed by atoms with Gasteiger partial charge in [0.1, 0.15) is 5.02 Å². The van der Waals surface area contributed by atoms with E-state index in [4.69, 9.17) is 11.6 Å². The average molecular weight is 318 g/mol. The van der Waals surface area contributed by atoms with Crippen molar-refractivity contribution in [2.75, 3.05) is 26.2 Å². The molecule has 0 spiro atoms. The van der Waals surface area contributed by atoms with E-state index in [1.807, 2.05) is 0 Å². The van der Waals surface area contributed by atoms with E-state index < -0.39 is 15.6 Å². The summed E-state index contributed by atoms with van der Waals surface area (Å²) in [5.74, 6) is 0. The second kappa shape index (κ2) is 5.14. The third kappa shape index (κ3) is 2.39. The number of H-pyrrole nitrogens is 1. The first kappa shape index (κ1) is 14.1. The monoisotopic (exact) mass is 317 g/mol. The summed E-state index contributed by atoms with van der Waals surface area (Å²) in [6.45, 7) is 2.82. The van der Waals surface area contributed by atoms with Crippen molar-refractivity contribution in [3.8, 4) is 0 Å². The van der Waals surface area contributed by atoms with Gasteiger partial charge >= 0.3 is 0 Å². The maximum absolute atomic E-state index is 12.6. The molecule has 3 rings (SSSR count). The lowest BCUT2D eigenvalue weighted by Crippen LogP contribution is -2.51. The van der Waals surface area contributed by atoms with Gasteiger partial charge in [0.25, 0.3) is 5.56 Å². The summed E-state index contributed by atoms with van der Waals surface area (Å²) in [4.78, 5) is 16.0. The van der Waals surface area contributed by atoms with E-state index in [9.17, 15) is 13.2 Å². The Bertz CT molecular complexity index is 673. The molecule has 8 heteroatoms. The minimum Gasteiger partial charge on any atom is -0.326 e. The Kier molecular flexibility index (Phi) is 3.62. The van der Waals surface area contributed by atoms with Gasteiger partial charge in [0.15, 0.2) is 0 Å². The van der Waals surface area contributed by atoms with Crippen molar-refractivity contribution in [3.63, 3.8) is 0 Å². The van der Waals surface area contributed by atoms with E-state index in [0.717, 1.165) is 25.9 Å². The van der Waals surface area contributed by atoms with Gasteiger partial charge in [-0.25, -0.2) is 8.42 Å². The van der Waals surface area contributed by atoms with E-state index in [1.165, 1.54) is 16.6 Å². The van der Waals surface area contributed by atoms with Gasteiger partial charge < -0.3 is 4.98 Å². The van der Waals surface area contributed by atoms with Gasteiger partial charge in [-0.05, 0) is 25.5 Å². The molecule has 20 heavy (non-hydrogen) atoms. The molecule has 6 nitrogen and oxygen atoms in total. The van der Waals surface area contributed by atoms with Crippen LogP contribution in [-0.2, 0) is 10.0 Å². The number of pyridine rings is 1. The summed E-state index contributed by atoms with van der Waals surface area (Å²) in [5.41, 5.74) is -0.480. The molecule has 1 aromatic heterocycles. The lowest BCUT2D eigenvalue weighted by atomic mass is 10.2. The molecule has 0 aromatic carbocycles. The second-order valence-corrected chi connectivity index (χ2v) is 7.55. The van der Waals surface area contributed by atoms with Crippen LogP contribution in [0.25, 0.3) is 0 Å². The third-order valence-corrected chi connectivity index (χ3v) is 6.14. The molecule has 0 bridgehead atoms. The first-order valence-corrected chi connectivity index (χ1v) is 8.43. The fourth-order valence-electron chi connectivity index (χ4n) is 2.92. The smallest absolute Gasteiger partial charge is 0.266 e. The van der Waals surface area contributed by atoms with Gasteiger partial charge in [-0.2, -0.15) is 4.31 Å². The Morgan fingerprint density at radius 2 is 2.10 bits per heavy atom. The summed E-state index contributed by atoms with van der Waals surface area (Å²) in [6, 6.07) is 1.54. The SMILES string of the molecule is O=c1[nH]cc(S(=O)(=O)N2CCN3CCCC3C2)cc1Cl. The molecule has 1 N–H and O–H groups in total. The highest BCUT2D eigenvalue weighted by Crippen LogP contribution is 2.25. The third-order valence-electron chi connectivity index (χ3n) is 4.02.